The molecule has 0 atom stereocenters. The first-order valence-electron chi connectivity index (χ1n) is 9.87. The van der Waals surface area contributed by atoms with Gasteiger partial charge in [-0.1, -0.05) is 35.1 Å². The summed E-state index contributed by atoms with van der Waals surface area (Å²) in [5, 5.41) is 12.8. The third-order valence-corrected chi connectivity index (χ3v) is 5.53. The Hall–Kier alpha value is -3.80. The van der Waals surface area contributed by atoms with Crippen LogP contribution in [0.25, 0.3) is 22.8 Å². The second-order valence-electron chi connectivity index (χ2n) is 6.73. The van der Waals surface area contributed by atoms with Crippen LogP contribution in [0.1, 0.15) is 5.89 Å². The van der Waals surface area contributed by atoms with E-state index in [-0.39, 0.29) is 23.1 Å². The van der Waals surface area contributed by atoms with E-state index >= 15 is 0 Å². The number of benzene rings is 2. The molecule has 0 saturated heterocycles. The summed E-state index contributed by atoms with van der Waals surface area (Å²) in [6, 6.07) is 10.6. The molecule has 176 valence electrons. The summed E-state index contributed by atoms with van der Waals surface area (Å²) in [6.07, 6.45) is 1.66. The quantitative estimate of drug-likeness (QED) is 0.221. The molecule has 0 bridgehead atoms. The monoisotopic (exact) mass is 489 g/mol. The predicted octanol–water partition coefficient (Wildman–Crippen LogP) is 5.22. The Morgan fingerprint density at radius 2 is 2.00 bits per heavy atom. The molecule has 0 aliphatic heterocycles. The molecular weight excluding hydrogens is 471 g/mol. The average molecular weight is 489 g/mol. The maximum Gasteiger partial charge on any atom is 0.387 e. The lowest BCUT2D eigenvalue weighted by Gasteiger charge is -2.10. The molecule has 4 rings (SSSR count). The molecule has 2 aromatic heterocycles. The number of methoxy groups -OCH3 is 1. The number of thioether (sulfide) groups is 1. The maximum absolute atomic E-state index is 14.3. The van der Waals surface area contributed by atoms with Crippen molar-refractivity contribution in [2.75, 3.05) is 7.11 Å². The zero-order chi connectivity index (χ0) is 24.1. The van der Waals surface area contributed by atoms with Gasteiger partial charge in [0.1, 0.15) is 5.82 Å². The van der Waals surface area contributed by atoms with Gasteiger partial charge in [0, 0.05) is 12.1 Å². The highest BCUT2D eigenvalue weighted by molar-refractivity contribution is 7.98. The maximum atomic E-state index is 14.3. The highest BCUT2D eigenvalue weighted by atomic mass is 32.2. The van der Waals surface area contributed by atoms with Crippen LogP contribution in [-0.2, 0) is 12.3 Å². The third-order valence-electron chi connectivity index (χ3n) is 4.57. The third kappa shape index (κ3) is 5.06. The first-order valence-corrected chi connectivity index (χ1v) is 10.9. The Bertz CT molecular complexity index is 1290. The van der Waals surface area contributed by atoms with E-state index in [4.69, 9.17) is 9.26 Å². The van der Waals surface area contributed by atoms with Crippen molar-refractivity contribution in [2.45, 2.75) is 24.1 Å². The predicted molar refractivity (Wildman–Crippen MR) is 118 cm³/mol. The number of allylic oxidation sites excluding steroid dienone is 1. The molecule has 0 N–H and O–H groups in total. The van der Waals surface area contributed by atoms with Gasteiger partial charge in [-0.2, -0.15) is 13.8 Å². The van der Waals surface area contributed by atoms with Gasteiger partial charge in [-0.15, -0.1) is 16.8 Å². The van der Waals surface area contributed by atoms with Crippen LogP contribution in [0.15, 0.2) is 64.8 Å². The highest BCUT2D eigenvalue weighted by Gasteiger charge is 2.19. The minimum atomic E-state index is -2.98. The van der Waals surface area contributed by atoms with Crippen LogP contribution >= 0.6 is 11.8 Å². The van der Waals surface area contributed by atoms with Crippen LogP contribution in [0.2, 0.25) is 0 Å². The molecule has 4 aromatic rings. The molecule has 0 unspecified atom stereocenters. The number of hydrogen-bond acceptors (Lipinski definition) is 8. The largest absolute Gasteiger partial charge is 0.493 e. The number of hydrogen-bond donors (Lipinski definition) is 0. The van der Waals surface area contributed by atoms with Crippen LogP contribution in [0, 0.1) is 5.82 Å². The first kappa shape index (κ1) is 23.4. The fourth-order valence-corrected chi connectivity index (χ4v) is 3.87. The Balaban J connectivity index is 1.52. The van der Waals surface area contributed by atoms with Crippen LogP contribution in [0.3, 0.4) is 0 Å². The lowest BCUT2D eigenvalue weighted by molar-refractivity contribution is -0.0512. The standard InChI is InChI=1S/C22H18F3N5O3S/c1-3-10-30-20(14-6-4-5-7-15(14)23)27-28-22(30)34-12-18-26-19(29-33-18)13-8-9-16(32-21(24)25)17(11-13)31-2/h3-9,11,21H,1,10,12H2,2H3. The fraction of sp³-hybridized carbons (Fsp3) is 0.182. The molecule has 0 amide bonds. The summed E-state index contributed by atoms with van der Waals surface area (Å²) >= 11 is 1.28. The normalized spacial score (nSPS) is 11.1. The van der Waals surface area contributed by atoms with Gasteiger partial charge in [0.15, 0.2) is 22.5 Å². The molecule has 8 nitrogen and oxygen atoms in total. The Kier molecular flexibility index (Phi) is 7.16. The summed E-state index contributed by atoms with van der Waals surface area (Å²) in [7, 11) is 1.34. The SMILES string of the molecule is C=CCn1c(SCc2nc(-c3ccc(OC(F)F)c(OC)c3)no2)nnc1-c1ccccc1F. The average Bonchev–Trinajstić information content (AvgIpc) is 3.45. The van der Waals surface area contributed by atoms with Crippen molar-refractivity contribution >= 4 is 11.8 Å². The van der Waals surface area contributed by atoms with E-state index in [0.29, 0.717) is 34.5 Å². The Morgan fingerprint density at radius 1 is 1.18 bits per heavy atom. The zero-order valence-corrected chi connectivity index (χ0v) is 18.6. The molecule has 0 spiro atoms. The van der Waals surface area contributed by atoms with E-state index in [1.54, 1.807) is 28.8 Å². The van der Waals surface area contributed by atoms with Gasteiger partial charge in [-0.25, -0.2) is 4.39 Å². The van der Waals surface area contributed by atoms with Gasteiger partial charge < -0.3 is 14.0 Å². The molecule has 34 heavy (non-hydrogen) atoms. The van der Waals surface area contributed by atoms with E-state index in [1.807, 2.05) is 0 Å². The number of halogens is 3. The summed E-state index contributed by atoms with van der Waals surface area (Å²) < 4.78 is 55.9. The van der Waals surface area contributed by atoms with Gasteiger partial charge in [-0.05, 0) is 30.3 Å². The van der Waals surface area contributed by atoms with Crippen molar-refractivity contribution < 1.29 is 27.2 Å². The van der Waals surface area contributed by atoms with Crippen molar-refractivity contribution in [2.24, 2.45) is 0 Å². The van der Waals surface area contributed by atoms with Gasteiger partial charge in [0.2, 0.25) is 11.7 Å². The molecule has 12 heteroatoms. The van der Waals surface area contributed by atoms with Crippen LogP contribution < -0.4 is 9.47 Å². The summed E-state index contributed by atoms with van der Waals surface area (Å²) in [4.78, 5) is 4.34. The van der Waals surface area contributed by atoms with Crippen molar-refractivity contribution in [1.29, 1.82) is 0 Å². The molecule has 0 fully saturated rings. The molecule has 0 aliphatic carbocycles. The minimum absolute atomic E-state index is 0.104. The van der Waals surface area contributed by atoms with E-state index in [2.05, 4.69) is 31.7 Å². The van der Waals surface area contributed by atoms with E-state index in [1.165, 1.54) is 43.1 Å². The first-order chi connectivity index (χ1) is 16.5. The topological polar surface area (TPSA) is 88.1 Å². The van der Waals surface area contributed by atoms with Crippen molar-refractivity contribution in [3.8, 4) is 34.3 Å². The second kappa shape index (κ2) is 10.4. The van der Waals surface area contributed by atoms with E-state index in [0.717, 1.165) is 0 Å². The molecule has 0 radical (unpaired) electrons. The van der Waals surface area contributed by atoms with E-state index < -0.39 is 12.4 Å². The fourth-order valence-electron chi connectivity index (χ4n) is 3.09. The molecule has 2 heterocycles. The Labute approximate surface area is 196 Å². The summed E-state index contributed by atoms with van der Waals surface area (Å²) in [5.74, 6) is 0.793. The number of alkyl halides is 2. The smallest absolute Gasteiger partial charge is 0.387 e. The van der Waals surface area contributed by atoms with Gasteiger partial charge in [0.25, 0.3) is 0 Å². The van der Waals surface area contributed by atoms with Crippen molar-refractivity contribution in [1.82, 2.24) is 24.9 Å². The number of ether oxygens (including phenoxy) is 2. The van der Waals surface area contributed by atoms with Crippen LogP contribution in [0.4, 0.5) is 13.2 Å². The van der Waals surface area contributed by atoms with Gasteiger partial charge >= 0.3 is 6.61 Å². The van der Waals surface area contributed by atoms with Gasteiger partial charge in [-0.3, -0.25) is 4.57 Å². The lowest BCUT2D eigenvalue weighted by Crippen LogP contribution is -2.03. The number of rotatable bonds is 10. The minimum Gasteiger partial charge on any atom is -0.493 e. The van der Waals surface area contributed by atoms with Crippen molar-refractivity contribution in [3.63, 3.8) is 0 Å². The highest BCUT2D eigenvalue weighted by Crippen LogP contribution is 2.33. The van der Waals surface area contributed by atoms with Gasteiger partial charge in [0.05, 0.1) is 18.4 Å². The van der Waals surface area contributed by atoms with Crippen LogP contribution in [0.5, 0.6) is 11.5 Å². The van der Waals surface area contributed by atoms with Crippen molar-refractivity contribution in [3.05, 3.63) is 66.8 Å². The summed E-state index contributed by atoms with van der Waals surface area (Å²) in [6.45, 7) is 1.14. The number of aromatic nitrogens is 5. The van der Waals surface area contributed by atoms with E-state index in [9.17, 15) is 13.2 Å². The number of nitrogens with zero attached hydrogens (tertiary/aromatic N) is 5. The van der Waals surface area contributed by atoms with Crippen LogP contribution in [-0.4, -0.2) is 38.6 Å². The Morgan fingerprint density at radius 3 is 2.74 bits per heavy atom. The second-order valence-corrected chi connectivity index (χ2v) is 7.67. The molecule has 0 saturated carbocycles. The molecular formula is C22H18F3N5O3S. The zero-order valence-electron chi connectivity index (χ0n) is 17.8. The molecule has 2 aromatic carbocycles. The summed E-state index contributed by atoms with van der Waals surface area (Å²) in [5.41, 5.74) is 0.826. The lowest BCUT2D eigenvalue weighted by atomic mass is 10.2. The molecule has 0 aliphatic rings.